The molecule has 3 rings (SSSR count). The molecule has 140 valence electrons. The maximum Gasteiger partial charge on any atom is 0.251 e. The normalized spacial score (nSPS) is 10.7. The molecular weight excluding hydrogens is 340 g/mol. The van der Waals surface area contributed by atoms with Gasteiger partial charge in [0.25, 0.3) is 5.56 Å². The number of pyridine rings is 1. The zero-order chi connectivity index (χ0) is 19.2. The number of carbonyl (C=O) groups is 1. The largest absolute Gasteiger partial charge is 0.497 e. The van der Waals surface area contributed by atoms with Crippen LogP contribution in [0, 0.1) is 6.92 Å². The zero-order valence-corrected chi connectivity index (χ0v) is 15.7. The number of rotatable bonds is 7. The third-order valence-electron chi connectivity index (χ3n) is 4.57. The average molecular weight is 364 g/mol. The maximum absolute atomic E-state index is 12.2. The van der Waals surface area contributed by atoms with Gasteiger partial charge in [-0.05, 0) is 61.0 Å². The molecule has 1 amide bonds. The van der Waals surface area contributed by atoms with Gasteiger partial charge in [-0.1, -0.05) is 23.8 Å². The lowest BCUT2D eigenvalue weighted by Gasteiger charge is -2.07. The first-order chi connectivity index (χ1) is 13.0. The Hall–Kier alpha value is -3.08. The van der Waals surface area contributed by atoms with Gasteiger partial charge in [-0.2, -0.15) is 0 Å². The summed E-state index contributed by atoms with van der Waals surface area (Å²) in [6.45, 7) is 2.46. The summed E-state index contributed by atoms with van der Waals surface area (Å²) in [5, 5.41) is 3.90. The number of hydrogen-bond donors (Lipinski definition) is 2. The van der Waals surface area contributed by atoms with Gasteiger partial charge in [0.2, 0.25) is 5.91 Å². The van der Waals surface area contributed by atoms with Crippen LogP contribution < -0.4 is 15.6 Å². The number of benzene rings is 2. The van der Waals surface area contributed by atoms with E-state index in [9.17, 15) is 9.59 Å². The Morgan fingerprint density at radius 1 is 1.11 bits per heavy atom. The Bertz CT molecular complexity index is 1010. The second-order valence-corrected chi connectivity index (χ2v) is 6.67. The first-order valence-corrected chi connectivity index (χ1v) is 9.07. The van der Waals surface area contributed by atoms with Crippen molar-refractivity contribution in [3.63, 3.8) is 0 Å². The molecule has 0 unspecified atom stereocenters. The van der Waals surface area contributed by atoms with E-state index in [1.54, 1.807) is 7.11 Å². The van der Waals surface area contributed by atoms with E-state index in [1.807, 2.05) is 55.5 Å². The van der Waals surface area contributed by atoms with Crippen LogP contribution in [0.5, 0.6) is 5.75 Å². The van der Waals surface area contributed by atoms with Crippen molar-refractivity contribution in [2.24, 2.45) is 0 Å². The highest BCUT2D eigenvalue weighted by molar-refractivity contribution is 5.79. The molecule has 5 heteroatoms. The minimum absolute atomic E-state index is 0.0223. The van der Waals surface area contributed by atoms with Crippen LogP contribution in [0.4, 0.5) is 0 Å². The molecule has 0 spiro atoms. The first kappa shape index (κ1) is 18.7. The van der Waals surface area contributed by atoms with Crippen molar-refractivity contribution in [1.29, 1.82) is 0 Å². The molecule has 0 aliphatic carbocycles. The van der Waals surface area contributed by atoms with Crippen molar-refractivity contribution < 1.29 is 9.53 Å². The molecule has 1 aromatic heterocycles. The van der Waals surface area contributed by atoms with Crippen molar-refractivity contribution in [3.8, 4) is 5.75 Å². The van der Waals surface area contributed by atoms with Gasteiger partial charge in [0.05, 0.1) is 7.11 Å². The number of methoxy groups -OCH3 is 1. The van der Waals surface area contributed by atoms with Crippen LogP contribution in [0.15, 0.2) is 53.3 Å². The predicted octanol–water partition coefficient (Wildman–Crippen LogP) is 3.14. The molecule has 0 bridgehead atoms. The number of aryl methyl sites for hydroxylation is 2. The fraction of sp³-hybridized carbons (Fsp3) is 0.273. The summed E-state index contributed by atoms with van der Waals surface area (Å²) >= 11 is 0. The van der Waals surface area contributed by atoms with E-state index in [0.717, 1.165) is 27.8 Å². The van der Waals surface area contributed by atoms with Crippen molar-refractivity contribution >= 4 is 16.8 Å². The molecule has 0 radical (unpaired) electrons. The summed E-state index contributed by atoms with van der Waals surface area (Å²) in [5.74, 6) is 0.768. The average Bonchev–Trinajstić information content (AvgIpc) is 2.67. The molecule has 0 atom stereocenters. The summed E-state index contributed by atoms with van der Waals surface area (Å²) in [7, 11) is 1.63. The lowest BCUT2D eigenvalue weighted by atomic mass is 10.1. The smallest absolute Gasteiger partial charge is 0.251 e. The van der Waals surface area contributed by atoms with Gasteiger partial charge in [0, 0.05) is 24.0 Å². The van der Waals surface area contributed by atoms with Crippen LogP contribution in [0.3, 0.4) is 0 Å². The summed E-state index contributed by atoms with van der Waals surface area (Å²) in [6, 6.07) is 15.5. The van der Waals surface area contributed by atoms with E-state index in [0.29, 0.717) is 31.4 Å². The fourth-order valence-corrected chi connectivity index (χ4v) is 3.07. The number of ether oxygens (including phenoxy) is 1. The molecule has 1 heterocycles. The van der Waals surface area contributed by atoms with Gasteiger partial charge in [0.15, 0.2) is 0 Å². The van der Waals surface area contributed by atoms with Crippen molar-refractivity contribution in [2.45, 2.75) is 26.2 Å². The standard InChI is InChI=1S/C22H24N2O3/c1-15-6-8-20-18(12-15)14-17(22(26)24-20)10-11-23-21(25)9-7-16-4-3-5-19(13-16)27-2/h3-6,8,12-14H,7,9-11H2,1-2H3,(H,23,25)(H,24,26). The molecule has 0 fully saturated rings. The minimum Gasteiger partial charge on any atom is -0.497 e. The number of aromatic nitrogens is 1. The summed E-state index contributed by atoms with van der Waals surface area (Å²) in [4.78, 5) is 27.2. The predicted molar refractivity (Wildman–Crippen MR) is 107 cm³/mol. The van der Waals surface area contributed by atoms with Crippen molar-refractivity contribution in [1.82, 2.24) is 10.3 Å². The number of fused-ring (bicyclic) bond motifs is 1. The van der Waals surface area contributed by atoms with E-state index in [4.69, 9.17) is 4.74 Å². The lowest BCUT2D eigenvalue weighted by Crippen LogP contribution is -2.27. The Kier molecular flexibility index (Phi) is 5.91. The molecule has 0 aliphatic heterocycles. The third kappa shape index (κ3) is 4.97. The molecule has 0 aliphatic rings. The Balaban J connectivity index is 1.53. The lowest BCUT2D eigenvalue weighted by molar-refractivity contribution is -0.121. The van der Waals surface area contributed by atoms with Gasteiger partial charge in [0.1, 0.15) is 5.75 Å². The molecule has 2 aromatic carbocycles. The number of amides is 1. The zero-order valence-electron chi connectivity index (χ0n) is 15.7. The fourth-order valence-electron chi connectivity index (χ4n) is 3.07. The SMILES string of the molecule is COc1cccc(CCC(=O)NCCc2cc3cc(C)ccc3[nH]c2=O)c1. The minimum atomic E-state index is -0.100. The van der Waals surface area contributed by atoms with Crippen LogP contribution in [0.1, 0.15) is 23.1 Å². The second kappa shape index (κ2) is 8.54. The molecule has 27 heavy (non-hydrogen) atoms. The first-order valence-electron chi connectivity index (χ1n) is 9.07. The topological polar surface area (TPSA) is 71.2 Å². The van der Waals surface area contributed by atoms with E-state index in [-0.39, 0.29) is 11.5 Å². The summed E-state index contributed by atoms with van der Waals surface area (Å²) in [6.07, 6.45) is 1.56. The van der Waals surface area contributed by atoms with Crippen molar-refractivity contribution in [2.75, 3.05) is 13.7 Å². The van der Waals surface area contributed by atoms with E-state index >= 15 is 0 Å². The molecular formula is C22H24N2O3. The van der Waals surface area contributed by atoms with Gasteiger partial charge in [-0.3, -0.25) is 9.59 Å². The van der Waals surface area contributed by atoms with Gasteiger partial charge >= 0.3 is 0 Å². The number of H-pyrrole nitrogens is 1. The number of carbonyl (C=O) groups excluding carboxylic acids is 1. The Morgan fingerprint density at radius 3 is 2.78 bits per heavy atom. The van der Waals surface area contributed by atoms with Crippen LogP contribution in [0.25, 0.3) is 10.9 Å². The van der Waals surface area contributed by atoms with E-state index in [1.165, 1.54) is 0 Å². The molecule has 2 N–H and O–H groups in total. The molecule has 3 aromatic rings. The van der Waals surface area contributed by atoms with Gasteiger partial charge in [-0.25, -0.2) is 0 Å². The van der Waals surface area contributed by atoms with Crippen molar-refractivity contribution in [3.05, 3.63) is 75.6 Å². The van der Waals surface area contributed by atoms with E-state index in [2.05, 4.69) is 10.3 Å². The molecule has 5 nitrogen and oxygen atoms in total. The Morgan fingerprint density at radius 2 is 1.96 bits per heavy atom. The number of hydrogen-bond acceptors (Lipinski definition) is 3. The molecule has 0 saturated heterocycles. The van der Waals surface area contributed by atoms with Crippen LogP contribution >= 0.6 is 0 Å². The third-order valence-corrected chi connectivity index (χ3v) is 4.57. The monoisotopic (exact) mass is 364 g/mol. The quantitative estimate of drug-likeness (QED) is 0.677. The maximum atomic E-state index is 12.2. The van der Waals surface area contributed by atoms with E-state index < -0.39 is 0 Å². The Labute approximate surface area is 158 Å². The van der Waals surface area contributed by atoms with Crippen LogP contribution in [-0.2, 0) is 17.6 Å². The second-order valence-electron chi connectivity index (χ2n) is 6.67. The number of nitrogens with one attached hydrogen (secondary N) is 2. The highest BCUT2D eigenvalue weighted by Crippen LogP contribution is 2.14. The summed E-state index contributed by atoms with van der Waals surface area (Å²) < 4.78 is 5.19. The molecule has 0 saturated carbocycles. The van der Waals surface area contributed by atoms with Gasteiger partial charge < -0.3 is 15.0 Å². The van der Waals surface area contributed by atoms with Crippen LogP contribution in [-0.4, -0.2) is 24.5 Å². The number of aromatic amines is 1. The highest BCUT2D eigenvalue weighted by Gasteiger charge is 2.06. The highest BCUT2D eigenvalue weighted by atomic mass is 16.5. The summed E-state index contributed by atoms with van der Waals surface area (Å²) in [5.41, 5.74) is 3.62. The van der Waals surface area contributed by atoms with Crippen LogP contribution in [0.2, 0.25) is 0 Å². The van der Waals surface area contributed by atoms with Gasteiger partial charge in [-0.15, -0.1) is 0 Å².